The van der Waals surface area contributed by atoms with E-state index in [4.69, 9.17) is 18.9 Å². The second kappa shape index (κ2) is 16.7. The summed E-state index contributed by atoms with van der Waals surface area (Å²) in [4.78, 5) is 63.8. The first-order valence-electron chi connectivity index (χ1n) is 17.0. The Morgan fingerprint density at radius 2 is 1.49 bits per heavy atom. The normalized spacial score (nSPS) is 23.5. The van der Waals surface area contributed by atoms with Gasteiger partial charge in [-0.15, -0.1) is 0 Å². The van der Waals surface area contributed by atoms with E-state index in [1.54, 1.807) is 17.0 Å². The number of aliphatic carboxylic acids is 1. The topological polar surface area (TPSA) is 146 Å². The third-order valence-electron chi connectivity index (χ3n) is 9.42. The highest BCUT2D eigenvalue weighted by Crippen LogP contribution is 2.46. The van der Waals surface area contributed by atoms with Crippen molar-refractivity contribution in [3.8, 4) is 0 Å². The number of hydrogen-bond acceptors (Lipinski definition) is 9. The van der Waals surface area contributed by atoms with Gasteiger partial charge in [0, 0.05) is 32.4 Å². The van der Waals surface area contributed by atoms with Crippen LogP contribution in [0.25, 0.3) is 0 Å². The number of β-lactam (4-membered cyclic amide) rings is 1. The highest BCUT2D eigenvalue weighted by Gasteiger charge is 2.50. The van der Waals surface area contributed by atoms with Crippen LogP contribution in [0.15, 0.2) is 78.9 Å². The molecule has 3 aromatic carbocycles. The van der Waals surface area contributed by atoms with Gasteiger partial charge in [0.15, 0.2) is 6.10 Å². The van der Waals surface area contributed by atoms with Crippen LogP contribution in [-0.4, -0.2) is 66.4 Å². The number of nitrogens with zero attached hydrogens (tertiary/aromatic N) is 1. The summed E-state index contributed by atoms with van der Waals surface area (Å²) in [6.45, 7) is 3.10. The van der Waals surface area contributed by atoms with E-state index in [1.165, 1.54) is 26.0 Å². The van der Waals surface area contributed by atoms with Crippen LogP contribution in [0.2, 0.25) is 0 Å². The van der Waals surface area contributed by atoms with E-state index in [1.807, 2.05) is 54.6 Å². The highest BCUT2D eigenvalue weighted by atomic mass is 19.1. The van der Waals surface area contributed by atoms with Crippen molar-refractivity contribution in [2.24, 2.45) is 17.8 Å². The fourth-order valence-corrected chi connectivity index (χ4v) is 7.04. The molecule has 1 N–H and O–H groups in total. The highest BCUT2D eigenvalue weighted by molar-refractivity contribution is 6.03. The van der Waals surface area contributed by atoms with E-state index in [2.05, 4.69) is 0 Å². The number of benzene rings is 3. The molecular weight excluding hydrogens is 661 g/mol. The van der Waals surface area contributed by atoms with Crippen molar-refractivity contribution in [1.29, 1.82) is 0 Å². The van der Waals surface area contributed by atoms with Crippen molar-refractivity contribution in [2.45, 2.75) is 70.8 Å². The molecule has 5 rings (SSSR count). The number of esters is 3. The molecule has 2 saturated heterocycles. The molecule has 2 aliphatic rings. The maximum atomic E-state index is 13.5. The lowest BCUT2D eigenvalue weighted by Crippen LogP contribution is -2.58. The van der Waals surface area contributed by atoms with Gasteiger partial charge in [0.25, 0.3) is 0 Å². The zero-order valence-electron chi connectivity index (χ0n) is 28.7. The molecule has 270 valence electrons. The molecule has 0 unspecified atom stereocenters. The molecule has 0 bridgehead atoms. The SMILES string of the molecule is CC(=O)OC[C@H]1OC[C@H]([C@@H](Cc2ccc([C@@H]3[C@H](CCCc4ccc(F)cc4)C(=O)N3c3ccccc3)cc2)C(=O)O)[C@@H](OC(C)=O)[C@H]1OC(C)=O. The predicted octanol–water partition coefficient (Wildman–Crippen LogP) is 5.24. The number of para-hydroxylation sites is 1. The van der Waals surface area contributed by atoms with Gasteiger partial charge in [-0.2, -0.15) is 0 Å². The molecular formula is C39H42FNO10. The summed E-state index contributed by atoms with van der Waals surface area (Å²) in [7, 11) is 0. The van der Waals surface area contributed by atoms with Gasteiger partial charge in [-0.1, -0.05) is 54.6 Å². The lowest BCUT2D eigenvalue weighted by molar-refractivity contribution is -0.220. The van der Waals surface area contributed by atoms with Gasteiger partial charge in [-0.3, -0.25) is 24.0 Å². The molecule has 2 fully saturated rings. The molecule has 7 atom stereocenters. The summed E-state index contributed by atoms with van der Waals surface area (Å²) in [6.07, 6.45) is -1.26. The number of anilines is 1. The smallest absolute Gasteiger partial charge is 0.307 e. The third-order valence-corrected chi connectivity index (χ3v) is 9.42. The van der Waals surface area contributed by atoms with Crippen molar-refractivity contribution in [3.63, 3.8) is 0 Å². The molecule has 2 heterocycles. The van der Waals surface area contributed by atoms with E-state index >= 15 is 0 Å². The minimum Gasteiger partial charge on any atom is -0.481 e. The van der Waals surface area contributed by atoms with Crippen LogP contribution in [0, 0.1) is 23.6 Å². The van der Waals surface area contributed by atoms with Crippen molar-refractivity contribution >= 4 is 35.5 Å². The lowest BCUT2D eigenvalue weighted by atomic mass is 9.77. The molecule has 0 spiro atoms. The minimum absolute atomic E-state index is 0.0171. The first-order chi connectivity index (χ1) is 24.4. The Bertz CT molecular complexity index is 1700. The second-order valence-corrected chi connectivity index (χ2v) is 13.0. The summed E-state index contributed by atoms with van der Waals surface area (Å²) in [5, 5.41) is 10.4. The molecule has 0 saturated carbocycles. The van der Waals surface area contributed by atoms with Gasteiger partial charge in [-0.25, -0.2) is 4.39 Å². The van der Waals surface area contributed by atoms with Gasteiger partial charge >= 0.3 is 23.9 Å². The number of carboxylic acid groups (broad SMARTS) is 1. The number of hydrogen-bond donors (Lipinski definition) is 1. The molecule has 1 amide bonds. The van der Waals surface area contributed by atoms with Gasteiger partial charge in [0.2, 0.25) is 5.91 Å². The third kappa shape index (κ3) is 9.18. The largest absolute Gasteiger partial charge is 0.481 e. The van der Waals surface area contributed by atoms with Crippen LogP contribution < -0.4 is 4.90 Å². The molecule has 11 nitrogen and oxygen atoms in total. The quantitative estimate of drug-likeness (QED) is 0.134. The van der Waals surface area contributed by atoms with E-state index < -0.39 is 54.0 Å². The zero-order valence-corrected chi connectivity index (χ0v) is 28.7. The molecule has 0 aromatic heterocycles. The molecule has 2 aliphatic heterocycles. The first-order valence-corrected chi connectivity index (χ1v) is 17.0. The number of rotatable bonds is 14. The first kappa shape index (κ1) is 37.2. The van der Waals surface area contributed by atoms with Crippen molar-refractivity contribution in [1.82, 2.24) is 0 Å². The fraction of sp³-hybridized carbons (Fsp3) is 0.410. The molecule has 12 heteroatoms. The Balaban J connectivity index is 1.35. The summed E-state index contributed by atoms with van der Waals surface area (Å²) in [6, 6.07) is 23.0. The van der Waals surface area contributed by atoms with Crippen LogP contribution in [-0.2, 0) is 55.8 Å². The van der Waals surface area contributed by atoms with Gasteiger partial charge < -0.3 is 29.0 Å². The Hall–Kier alpha value is -5.10. The lowest BCUT2D eigenvalue weighted by Gasteiger charge is -2.48. The number of aryl methyl sites for hydroxylation is 1. The summed E-state index contributed by atoms with van der Waals surface area (Å²) < 4.78 is 35.4. The number of carbonyl (C=O) groups excluding carboxylic acids is 4. The number of amides is 1. The van der Waals surface area contributed by atoms with Gasteiger partial charge in [-0.05, 0) is 66.6 Å². The summed E-state index contributed by atoms with van der Waals surface area (Å²) >= 11 is 0. The number of carboxylic acids is 1. The van der Waals surface area contributed by atoms with Crippen LogP contribution in [0.4, 0.5) is 10.1 Å². The maximum absolute atomic E-state index is 13.5. The average molecular weight is 704 g/mol. The van der Waals surface area contributed by atoms with Gasteiger partial charge in [0.1, 0.15) is 24.6 Å². The van der Waals surface area contributed by atoms with E-state index in [0.29, 0.717) is 18.4 Å². The van der Waals surface area contributed by atoms with Crippen LogP contribution in [0.1, 0.15) is 56.3 Å². The predicted molar refractivity (Wildman–Crippen MR) is 182 cm³/mol. The molecule has 0 radical (unpaired) electrons. The van der Waals surface area contributed by atoms with Crippen molar-refractivity contribution in [2.75, 3.05) is 18.1 Å². The monoisotopic (exact) mass is 703 g/mol. The van der Waals surface area contributed by atoms with Gasteiger partial charge in [0.05, 0.1) is 24.5 Å². The Morgan fingerprint density at radius 1 is 0.863 bits per heavy atom. The zero-order chi connectivity index (χ0) is 36.7. The average Bonchev–Trinajstić information content (AvgIpc) is 3.09. The minimum atomic E-state index is -1.21. The van der Waals surface area contributed by atoms with Crippen LogP contribution >= 0.6 is 0 Å². The van der Waals surface area contributed by atoms with E-state index in [-0.39, 0.29) is 43.3 Å². The fourth-order valence-electron chi connectivity index (χ4n) is 7.04. The Labute approximate surface area is 295 Å². The second-order valence-electron chi connectivity index (χ2n) is 13.0. The Kier molecular flexibility index (Phi) is 12.2. The Morgan fingerprint density at radius 3 is 2.10 bits per heavy atom. The van der Waals surface area contributed by atoms with Crippen LogP contribution in [0.5, 0.6) is 0 Å². The number of ether oxygens (including phenoxy) is 4. The number of carbonyl (C=O) groups is 5. The molecule has 51 heavy (non-hydrogen) atoms. The van der Waals surface area contributed by atoms with E-state index in [0.717, 1.165) is 30.2 Å². The van der Waals surface area contributed by atoms with Crippen LogP contribution in [0.3, 0.4) is 0 Å². The molecule has 3 aromatic rings. The van der Waals surface area contributed by atoms with Crippen molar-refractivity contribution < 1.29 is 52.4 Å². The van der Waals surface area contributed by atoms with Crippen molar-refractivity contribution in [3.05, 3.63) is 101 Å². The standard InChI is InChI=1S/C39H42FNO10/c1-23(42)48-22-34-37(51-25(3)44)36(50-24(2)43)33(21-49-34)32(39(46)47)20-27-12-16-28(17-13-27)35-31(11-7-8-26-14-18-29(40)19-15-26)38(45)41(35)30-9-5-4-6-10-30/h4-6,9-10,12-19,31-37H,7-8,11,20-22H2,1-3H3,(H,46,47)/t31-,32+,33+,34+,35+,36+,37-/m0/s1. The van der Waals surface area contributed by atoms with E-state index in [9.17, 15) is 33.5 Å². The molecule has 0 aliphatic carbocycles. The maximum Gasteiger partial charge on any atom is 0.307 e. The summed E-state index contributed by atoms with van der Waals surface area (Å²) in [5.41, 5.74) is 3.35. The number of halogens is 1. The summed E-state index contributed by atoms with van der Waals surface area (Å²) in [5.74, 6) is -5.73.